The van der Waals surface area contributed by atoms with Gasteiger partial charge in [0.25, 0.3) is 5.69 Å². The maximum atomic E-state index is 13.6. The second kappa shape index (κ2) is 8.37. The predicted octanol–water partition coefficient (Wildman–Crippen LogP) is 2.43. The SMILES string of the molecule is O=C([C@H]1Cc2cc([N+](=O)[O-])ccc2N2CCN(c3ccccn3)C[C@@H]12)N1CCSCC1. The molecule has 1 aromatic heterocycles. The summed E-state index contributed by atoms with van der Waals surface area (Å²) in [4.78, 5) is 35.6. The number of aromatic nitrogens is 1. The highest BCUT2D eigenvalue weighted by Gasteiger charge is 2.43. The highest BCUT2D eigenvalue weighted by atomic mass is 32.2. The molecule has 9 heteroatoms. The third-order valence-electron chi connectivity index (χ3n) is 6.52. The van der Waals surface area contributed by atoms with Crippen molar-refractivity contribution < 1.29 is 9.72 Å². The van der Waals surface area contributed by atoms with Crippen LogP contribution in [-0.2, 0) is 11.2 Å². The van der Waals surface area contributed by atoms with Crippen LogP contribution in [0.25, 0.3) is 0 Å². The number of non-ortho nitro benzene ring substituents is 1. The number of hydrogen-bond donors (Lipinski definition) is 0. The van der Waals surface area contributed by atoms with Gasteiger partial charge >= 0.3 is 0 Å². The number of carbonyl (C=O) groups excluding carboxylic acids is 1. The minimum atomic E-state index is -0.357. The molecule has 0 unspecified atom stereocenters. The van der Waals surface area contributed by atoms with Crippen LogP contribution in [0.15, 0.2) is 42.6 Å². The van der Waals surface area contributed by atoms with Crippen molar-refractivity contribution in [3.8, 4) is 0 Å². The standard InChI is InChI=1S/C22H25N5O3S/c28-22(24-9-11-31-12-10-24)18-14-16-13-17(27(29)30)4-5-19(16)26-8-7-25(15-20(18)26)21-3-1-2-6-23-21/h1-6,13,18,20H,7-12,14-15H2/t18-,20-/m0/s1. The summed E-state index contributed by atoms with van der Waals surface area (Å²) in [5.41, 5.74) is 2.01. The van der Waals surface area contributed by atoms with Crippen molar-refractivity contribution in [1.82, 2.24) is 9.88 Å². The summed E-state index contributed by atoms with van der Waals surface area (Å²) in [5, 5.41) is 11.3. The lowest BCUT2D eigenvalue weighted by Gasteiger charge is -2.50. The zero-order valence-electron chi connectivity index (χ0n) is 17.2. The molecule has 2 saturated heterocycles. The molecule has 0 saturated carbocycles. The molecule has 4 heterocycles. The van der Waals surface area contributed by atoms with Gasteiger partial charge in [-0.2, -0.15) is 11.8 Å². The summed E-state index contributed by atoms with van der Waals surface area (Å²) >= 11 is 1.88. The Morgan fingerprint density at radius 1 is 1.13 bits per heavy atom. The van der Waals surface area contributed by atoms with Gasteiger partial charge in [-0.3, -0.25) is 14.9 Å². The molecule has 0 N–H and O–H groups in total. The summed E-state index contributed by atoms with van der Waals surface area (Å²) in [6.45, 7) is 3.82. The summed E-state index contributed by atoms with van der Waals surface area (Å²) < 4.78 is 0. The number of thioether (sulfide) groups is 1. The van der Waals surface area contributed by atoms with Crippen LogP contribution < -0.4 is 9.80 Å². The summed E-state index contributed by atoms with van der Waals surface area (Å²) in [6, 6.07) is 11.0. The molecule has 2 aromatic rings. The van der Waals surface area contributed by atoms with Crippen molar-refractivity contribution in [2.45, 2.75) is 12.5 Å². The van der Waals surface area contributed by atoms with Gasteiger partial charge in [-0.25, -0.2) is 4.98 Å². The van der Waals surface area contributed by atoms with Gasteiger partial charge < -0.3 is 14.7 Å². The van der Waals surface area contributed by atoms with Crippen molar-refractivity contribution in [3.63, 3.8) is 0 Å². The summed E-state index contributed by atoms with van der Waals surface area (Å²) in [5.74, 6) is 2.82. The maximum absolute atomic E-state index is 13.6. The van der Waals surface area contributed by atoms with E-state index in [4.69, 9.17) is 0 Å². The molecule has 2 fully saturated rings. The minimum Gasteiger partial charge on any atom is -0.364 e. The minimum absolute atomic E-state index is 0.0202. The van der Waals surface area contributed by atoms with E-state index in [1.807, 2.05) is 40.9 Å². The molecule has 1 aromatic carbocycles. The summed E-state index contributed by atoms with van der Waals surface area (Å²) in [6.07, 6.45) is 2.34. The monoisotopic (exact) mass is 439 g/mol. The van der Waals surface area contributed by atoms with Gasteiger partial charge in [-0.1, -0.05) is 6.07 Å². The Morgan fingerprint density at radius 3 is 2.71 bits per heavy atom. The van der Waals surface area contributed by atoms with Gasteiger partial charge in [0.05, 0.1) is 16.9 Å². The zero-order chi connectivity index (χ0) is 21.4. The lowest BCUT2D eigenvalue weighted by atomic mass is 9.82. The smallest absolute Gasteiger partial charge is 0.269 e. The Bertz CT molecular complexity index is 982. The first-order valence-electron chi connectivity index (χ1n) is 10.7. The van der Waals surface area contributed by atoms with Gasteiger partial charge in [0.2, 0.25) is 5.91 Å². The van der Waals surface area contributed by atoms with Crippen LogP contribution in [0.5, 0.6) is 0 Å². The average molecular weight is 440 g/mol. The van der Waals surface area contributed by atoms with E-state index in [0.29, 0.717) is 13.0 Å². The molecule has 0 radical (unpaired) electrons. The number of anilines is 2. The highest BCUT2D eigenvalue weighted by molar-refractivity contribution is 7.99. The third kappa shape index (κ3) is 3.82. The number of nitrogens with zero attached hydrogens (tertiary/aromatic N) is 5. The molecular formula is C22H25N5O3S. The fraction of sp³-hybridized carbons (Fsp3) is 0.455. The van der Waals surface area contributed by atoms with E-state index in [2.05, 4.69) is 14.8 Å². The topological polar surface area (TPSA) is 82.8 Å². The first kappa shape index (κ1) is 20.1. The quantitative estimate of drug-likeness (QED) is 0.537. The van der Waals surface area contributed by atoms with Gasteiger partial charge in [-0.15, -0.1) is 0 Å². The Labute approximate surface area is 185 Å². The first-order chi connectivity index (χ1) is 15.1. The molecule has 0 spiro atoms. The second-order valence-corrected chi connectivity index (χ2v) is 9.44. The molecule has 3 aliphatic heterocycles. The molecule has 5 rings (SSSR count). The number of pyridine rings is 1. The molecule has 0 bridgehead atoms. The number of hydrogen-bond acceptors (Lipinski definition) is 7. The first-order valence-corrected chi connectivity index (χ1v) is 11.8. The van der Waals surface area contributed by atoms with E-state index in [1.54, 1.807) is 18.3 Å². The largest absolute Gasteiger partial charge is 0.364 e. The van der Waals surface area contributed by atoms with Crippen LogP contribution in [0.4, 0.5) is 17.2 Å². The Kier molecular flexibility index (Phi) is 5.43. The van der Waals surface area contributed by atoms with Crippen LogP contribution in [-0.4, -0.2) is 71.0 Å². The van der Waals surface area contributed by atoms with Crippen LogP contribution in [0, 0.1) is 16.0 Å². The van der Waals surface area contributed by atoms with E-state index in [9.17, 15) is 14.9 Å². The lowest BCUT2D eigenvalue weighted by molar-refractivity contribution is -0.384. The van der Waals surface area contributed by atoms with Crippen LogP contribution in [0.2, 0.25) is 0 Å². The number of benzene rings is 1. The van der Waals surface area contributed by atoms with Gasteiger partial charge in [0.15, 0.2) is 0 Å². The molecule has 3 aliphatic rings. The number of nitro benzene ring substituents is 1. The summed E-state index contributed by atoms with van der Waals surface area (Å²) in [7, 11) is 0. The van der Waals surface area contributed by atoms with Crippen molar-refractivity contribution in [2.75, 3.05) is 54.0 Å². The van der Waals surface area contributed by atoms with E-state index in [1.165, 1.54) is 0 Å². The molecule has 2 atom stereocenters. The van der Waals surface area contributed by atoms with E-state index >= 15 is 0 Å². The van der Waals surface area contributed by atoms with Crippen molar-refractivity contribution in [3.05, 3.63) is 58.3 Å². The zero-order valence-corrected chi connectivity index (χ0v) is 18.0. The van der Waals surface area contributed by atoms with Crippen molar-refractivity contribution >= 4 is 34.9 Å². The van der Waals surface area contributed by atoms with Gasteiger partial charge in [0, 0.05) is 68.2 Å². The third-order valence-corrected chi connectivity index (χ3v) is 7.46. The normalized spacial score (nSPS) is 23.2. The molecule has 0 aliphatic carbocycles. The molecular weight excluding hydrogens is 414 g/mol. The van der Waals surface area contributed by atoms with Crippen molar-refractivity contribution in [1.29, 1.82) is 0 Å². The molecule has 1 amide bonds. The Balaban J connectivity index is 1.49. The van der Waals surface area contributed by atoms with E-state index < -0.39 is 0 Å². The number of nitro groups is 1. The van der Waals surface area contributed by atoms with E-state index in [0.717, 1.165) is 54.8 Å². The second-order valence-electron chi connectivity index (χ2n) is 8.21. The fourth-order valence-electron chi connectivity index (χ4n) is 4.97. The van der Waals surface area contributed by atoms with Crippen molar-refractivity contribution in [2.24, 2.45) is 5.92 Å². The highest BCUT2D eigenvalue weighted by Crippen LogP contribution is 2.39. The van der Waals surface area contributed by atoms with Crippen LogP contribution >= 0.6 is 11.8 Å². The number of amides is 1. The number of carbonyl (C=O) groups is 1. The van der Waals surface area contributed by atoms with Crippen LogP contribution in [0.1, 0.15) is 5.56 Å². The van der Waals surface area contributed by atoms with Gasteiger partial charge in [-0.05, 0) is 30.2 Å². The molecule has 8 nitrogen and oxygen atoms in total. The van der Waals surface area contributed by atoms with Crippen LogP contribution in [0.3, 0.4) is 0 Å². The maximum Gasteiger partial charge on any atom is 0.269 e. The number of piperazine rings is 1. The number of rotatable bonds is 3. The molecule has 31 heavy (non-hydrogen) atoms. The van der Waals surface area contributed by atoms with E-state index in [-0.39, 0.29) is 28.5 Å². The number of fused-ring (bicyclic) bond motifs is 3. The lowest BCUT2D eigenvalue weighted by Crippen LogP contribution is -2.62. The fourth-order valence-corrected chi connectivity index (χ4v) is 5.88. The average Bonchev–Trinajstić information content (AvgIpc) is 2.83. The Morgan fingerprint density at radius 2 is 1.97 bits per heavy atom. The van der Waals surface area contributed by atoms with Gasteiger partial charge in [0.1, 0.15) is 5.82 Å². The Hall–Kier alpha value is -2.81. The predicted molar refractivity (Wildman–Crippen MR) is 122 cm³/mol. The molecule has 162 valence electrons.